The molecule has 7 nitrogen and oxygen atoms in total. The number of carbonyl (C=O) groups is 3. The van der Waals surface area contributed by atoms with Gasteiger partial charge in [0.25, 0.3) is 11.8 Å². The molecule has 1 atom stereocenters. The van der Waals surface area contributed by atoms with Crippen LogP contribution in [0.4, 0.5) is 0 Å². The number of rotatable bonds is 4. The van der Waals surface area contributed by atoms with E-state index < -0.39 is 5.41 Å². The first-order valence-corrected chi connectivity index (χ1v) is 12.0. The fourth-order valence-electron chi connectivity index (χ4n) is 5.01. The highest BCUT2D eigenvalue weighted by Crippen LogP contribution is 2.35. The Morgan fingerprint density at radius 3 is 2.24 bits per heavy atom. The number of carbonyl (C=O) groups excluding carboxylic acids is 3. The molecule has 2 aromatic carbocycles. The van der Waals surface area contributed by atoms with Crippen LogP contribution in [0.2, 0.25) is 0 Å². The van der Waals surface area contributed by atoms with Gasteiger partial charge in [0.05, 0.1) is 6.04 Å². The standard InChI is InChI=1S/C27H34N4O3/c1-27(12-14-30(15-13-27)25(33)20-8-5-4-6-9-20)26(34)31-17-16-29(3)23(19-31)21-10-7-11-22(18-21)24(32)28-2/h4-11,18,23H,12-17,19H2,1-3H3,(H,28,32)/t23-/m1/s1. The molecule has 2 heterocycles. The van der Waals surface area contributed by atoms with Gasteiger partial charge in [0.15, 0.2) is 0 Å². The lowest BCUT2D eigenvalue weighted by atomic mass is 9.78. The predicted octanol–water partition coefficient (Wildman–Crippen LogP) is 2.80. The molecule has 0 spiro atoms. The van der Waals surface area contributed by atoms with Crippen molar-refractivity contribution in [3.63, 3.8) is 0 Å². The minimum absolute atomic E-state index is 0.0330. The molecule has 2 aliphatic heterocycles. The number of hydrogen-bond acceptors (Lipinski definition) is 4. The van der Waals surface area contributed by atoms with Gasteiger partial charge in [0.1, 0.15) is 0 Å². The normalized spacial score (nSPS) is 20.6. The highest BCUT2D eigenvalue weighted by atomic mass is 16.2. The number of hydrogen-bond donors (Lipinski definition) is 1. The summed E-state index contributed by atoms with van der Waals surface area (Å²) in [6, 6.07) is 17.0. The van der Waals surface area contributed by atoms with E-state index >= 15 is 0 Å². The third-order valence-electron chi connectivity index (χ3n) is 7.39. The Balaban J connectivity index is 1.43. The molecule has 0 bridgehead atoms. The van der Waals surface area contributed by atoms with Crippen LogP contribution in [0.25, 0.3) is 0 Å². The van der Waals surface area contributed by atoms with Crippen molar-refractivity contribution in [1.82, 2.24) is 20.0 Å². The van der Waals surface area contributed by atoms with Gasteiger partial charge in [-0.05, 0) is 49.7 Å². The van der Waals surface area contributed by atoms with Gasteiger partial charge in [0, 0.05) is 56.3 Å². The number of amides is 3. The van der Waals surface area contributed by atoms with Gasteiger partial charge in [0.2, 0.25) is 5.91 Å². The molecule has 3 amide bonds. The van der Waals surface area contributed by atoms with Crippen molar-refractivity contribution < 1.29 is 14.4 Å². The largest absolute Gasteiger partial charge is 0.355 e. The summed E-state index contributed by atoms with van der Waals surface area (Å²) in [6.07, 6.45) is 1.32. The van der Waals surface area contributed by atoms with Crippen LogP contribution in [0.5, 0.6) is 0 Å². The third kappa shape index (κ3) is 4.85. The summed E-state index contributed by atoms with van der Waals surface area (Å²) in [4.78, 5) is 44.7. The first kappa shape index (κ1) is 24.0. The molecular formula is C27H34N4O3. The zero-order valence-corrected chi connectivity index (χ0v) is 20.3. The zero-order chi connectivity index (χ0) is 24.3. The molecule has 2 aliphatic rings. The lowest BCUT2D eigenvalue weighted by Crippen LogP contribution is -2.55. The maximum Gasteiger partial charge on any atom is 0.253 e. The number of piperazine rings is 1. The highest BCUT2D eigenvalue weighted by molar-refractivity contribution is 5.95. The summed E-state index contributed by atoms with van der Waals surface area (Å²) in [5, 5.41) is 2.67. The molecule has 4 rings (SSSR count). The van der Waals surface area contributed by atoms with E-state index in [2.05, 4.69) is 17.3 Å². The molecule has 0 saturated carbocycles. The molecule has 2 aromatic rings. The predicted molar refractivity (Wildman–Crippen MR) is 131 cm³/mol. The number of likely N-dealkylation sites (N-methyl/N-ethyl adjacent to an activating group) is 1. The number of benzene rings is 2. The van der Waals surface area contributed by atoms with Crippen molar-refractivity contribution in [3.05, 3.63) is 71.3 Å². The summed E-state index contributed by atoms with van der Waals surface area (Å²) in [5.74, 6) is 0.0863. The second-order valence-corrected chi connectivity index (χ2v) is 9.67. The van der Waals surface area contributed by atoms with E-state index in [4.69, 9.17) is 0 Å². The van der Waals surface area contributed by atoms with Crippen molar-refractivity contribution >= 4 is 17.7 Å². The highest BCUT2D eigenvalue weighted by Gasteiger charge is 2.42. The van der Waals surface area contributed by atoms with Crippen LogP contribution >= 0.6 is 0 Å². The molecule has 1 N–H and O–H groups in total. The molecule has 2 saturated heterocycles. The van der Waals surface area contributed by atoms with Gasteiger partial charge in [-0.2, -0.15) is 0 Å². The van der Waals surface area contributed by atoms with Gasteiger partial charge in [-0.1, -0.05) is 37.3 Å². The average Bonchev–Trinajstić information content (AvgIpc) is 2.88. The second kappa shape index (κ2) is 9.97. The number of nitrogens with one attached hydrogen (secondary N) is 1. The van der Waals surface area contributed by atoms with Crippen molar-refractivity contribution in [2.45, 2.75) is 25.8 Å². The first-order valence-electron chi connectivity index (χ1n) is 12.0. The Morgan fingerprint density at radius 1 is 0.882 bits per heavy atom. The van der Waals surface area contributed by atoms with Crippen LogP contribution in [0.3, 0.4) is 0 Å². The van der Waals surface area contributed by atoms with Crippen molar-refractivity contribution in [2.24, 2.45) is 5.41 Å². The van der Waals surface area contributed by atoms with Crippen molar-refractivity contribution in [1.29, 1.82) is 0 Å². The Hall–Kier alpha value is -3.19. The number of piperidine rings is 1. The molecule has 0 unspecified atom stereocenters. The van der Waals surface area contributed by atoms with Crippen LogP contribution in [0, 0.1) is 5.41 Å². The fourth-order valence-corrected chi connectivity index (χ4v) is 5.01. The maximum atomic E-state index is 13.7. The van der Waals surface area contributed by atoms with Gasteiger partial charge in [-0.3, -0.25) is 19.3 Å². The molecule has 2 fully saturated rings. The average molecular weight is 463 g/mol. The molecule has 0 radical (unpaired) electrons. The SMILES string of the molecule is CNC(=O)c1cccc([C@H]2CN(C(=O)C3(C)CCN(C(=O)c4ccccc4)CC3)CCN2C)c1. The summed E-state index contributed by atoms with van der Waals surface area (Å²) in [5.41, 5.74) is 1.88. The summed E-state index contributed by atoms with van der Waals surface area (Å²) in [6.45, 7) is 5.26. The first-order chi connectivity index (χ1) is 16.3. The zero-order valence-electron chi connectivity index (χ0n) is 20.3. The van der Waals surface area contributed by atoms with Crippen LogP contribution in [0.1, 0.15) is 52.1 Å². The Bertz CT molecular complexity index is 1050. The van der Waals surface area contributed by atoms with Crippen LogP contribution in [-0.4, -0.2) is 79.2 Å². The van der Waals surface area contributed by atoms with E-state index in [1.165, 1.54) is 0 Å². The van der Waals surface area contributed by atoms with E-state index in [0.717, 1.165) is 12.1 Å². The van der Waals surface area contributed by atoms with E-state index in [9.17, 15) is 14.4 Å². The Labute approximate surface area is 201 Å². The summed E-state index contributed by atoms with van der Waals surface area (Å²) in [7, 11) is 3.69. The van der Waals surface area contributed by atoms with Crippen LogP contribution in [0.15, 0.2) is 54.6 Å². The van der Waals surface area contributed by atoms with Gasteiger partial charge < -0.3 is 15.1 Å². The fraction of sp³-hybridized carbons (Fsp3) is 0.444. The van der Waals surface area contributed by atoms with Gasteiger partial charge in [-0.25, -0.2) is 0 Å². The topological polar surface area (TPSA) is 73.0 Å². The summed E-state index contributed by atoms with van der Waals surface area (Å²) >= 11 is 0. The van der Waals surface area contributed by atoms with Crippen LogP contribution in [-0.2, 0) is 4.79 Å². The second-order valence-electron chi connectivity index (χ2n) is 9.67. The Kier molecular flexibility index (Phi) is 7.03. The number of nitrogens with zero attached hydrogens (tertiary/aromatic N) is 3. The van der Waals surface area contributed by atoms with Crippen molar-refractivity contribution in [3.8, 4) is 0 Å². The molecule has 180 valence electrons. The monoisotopic (exact) mass is 462 g/mol. The molecular weight excluding hydrogens is 428 g/mol. The molecule has 0 aromatic heterocycles. The summed E-state index contributed by atoms with van der Waals surface area (Å²) < 4.78 is 0. The minimum Gasteiger partial charge on any atom is -0.355 e. The van der Waals surface area contributed by atoms with Gasteiger partial charge in [-0.15, -0.1) is 0 Å². The van der Waals surface area contributed by atoms with E-state index in [0.29, 0.717) is 50.1 Å². The van der Waals surface area contributed by atoms with Gasteiger partial charge >= 0.3 is 0 Å². The van der Waals surface area contributed by atoms with E-state index in [-0.39, 0.29) is 23.8 Å². The molecule has 0 aliphatic carbocycles. The molecule has 7 heteroatoms. The minimum atomic E-state index is -0.474. The van der Waals surface area contributed by atoms with Crippen LogP contribution < -0.4 is 5.32 Å². The third-order valence-corrected chi connectivity index (χ3v) is 7.39. The maximum absolute atomic E-state index is 13.7. The lowest BCUT2D eigenvalue weighted by Gasteiger charge is -2.45. The van der Waals surface area contributed by atoms with Crippen molar-refractivity contribution in [2.75, 3.05) is 46.8 Å². The Morgan fingerprint density at radius 2 is 1.56 bits per heavy atom. The van der Waals surface area contributed by atoms with E-state index in [1.54, 1.807) is 13.1 Å². The molecule has 34 heavy (non-hydrogen) atoms. The smallest absolute Gasteiger partial charge is 0.253 e. The lowest BCUT2D eigenvalue weighted by molar-refractivity contribution is -0.146. The number of likely N-dealkylation sites (tertiary alicyclic amines) is 1. The quantitative estimate of drug-likeness (QED) is 0.759. The van der Waals surface area contributed by atoms with E-state index in [1.807, 2.05) is 65.3 Å².